The van der Waals surface area contributed by atoms with Gasteiger partial charge >= 0.3 is 0 Å². The van der Waals surface area contributed by atoms with E-state index in [4.69, 9.17) is 0 Å². The molecule has 1 heterocycles. The summed E-state index contributed by atoms with van der Waals surface area (Å²) >= 11 is 1.74. The topological polar surface area (TPSA) is 17.1 Å². The minimum atomic E-state index is 0.226. The predicted molar refractivity (Wildman–Crippen MR) is 68.1 cm³/mol. The molecule has 2 heteroatoms. The van der Waals surface area contributed by atoms with Crippen LogP contribution in [0.15, 0.2) is 41.8 Å². The van der Waals surface area contributed by atoms with Gasteiger partial charge in [-0.15, -0.1) is 11.3 Å². The lowest BCUT2D eigenvalue weighted by molar-refractivity contribution is 0.0983. The molecular weight excluding hydrogens is 216 g/mol. The molecule has 0 radical (unpaired) electrons. The number of benzene rings is 1. The summed E-state index contributed by atoms with van der Waals surface area (Å²) in [6.07, 6.45) is 1.44. The van der Waals surface area contributed by atoms with Crippen molar-refractivity contribution >= 4 is 17.1 Å². The Morgan fingerprint density at radius 3 is 2.62 bits per heavy atom. The minimum absolute atomic E-state index is 0.226. The summed E-state index contributed by atoms with van der Waals surface area (Å²) in [7, 11) is 0. The number of carbonyl (C=O) groups is 1. The lowest BCUT2D eigenvalue weighted by Crippen LogP contribution is -2.00. The Bertz CT molecular complexity index is 470. The fourth-order valence-electron chi connectivity index (χ4n) is 1.66. The molecule has 1 aromatic carbocycles. The summed E-state index contributed by atoms with van der Waals surface area (Å²) in [6, 6.07) is 11.6. The van der Waals surface area contributed by atoms with E-state index >= 15 is 0 Å². The molecule has 0 fully saturated rings. The molecule has 0 aliphatic heterocycles. The lowest BCUT2D eigenvalue weighted by atomic mass is 10.0. The average Bonchev–Trinajstić information content (AvgIpc) is 2.73. The molecule has 0 atom stereocenters. The monoisotopic (exact) mass is 230 g/mol. The van der Waals surface area contributed by atoms with E-state index in [2.05, 4.69) is 18.4 Å². The molecular formula is C14H14OS. The van der Waals surface area contributed by atoms with Crippen molar-refractivity contribution in [1.29, 1.82) is 0 Å². The highest BCUT2D eigenvalue weighted by Gasteiger charge is 2.05. The highest BCUT2D eigenvalue weighted by atomic mass is 32.1. The molecule has 0 N–H and O–H groups in total. The van der Waals surface area contributed by atoms with Gasteiger partial charge in [-0.3, -0.25) is 4.79 Å². The van der Waals surface area contributed by atoms with Gasteiger partial charge in [0.15, 0.2) is 5.78 Å². The SMILES string of the molecule is Cc1cc(CCC(=O)c2ccccc2)cs1. The second kappa shape index (κ2) is 5.08. The van der Waals surface area contributed by atoms with Crippen LogP contribution in [-0.4, -0.2) is 5.78 Å². The van der Waals surface area contributed by atoms with Crippen LogP contribution in [0.4, 0.5) is 0 Å². The van der Waals surface area contributed by atoms with Gasteiger partial charge in [0.1, 0.15) is 0 Å². The number of ketones is 1. The van der Waals surface area contributed by atoms with Gasteiger partial charge in [-0.25, -0.2) is 0 Å². The van der Waals surface area contributed by atoms with Crippen molar-refractivity contribution in [2.24, 2.45) is 0 Å². The van der Waals surface area contributed by atoms with Gasteiger partial charge in [-0.1, -0.05) is 30.3 Å². The molecule has 0 aliphatic carbocycles. The summed E-state index contributed by atoms with van der Waals surface area (Å²) in [5.74, 6) is 0.226. The van der Waals surface area contributed by atoms with Crippen molar-refractivity contribution in [2.75, 3.05) is 0 Å². The van der Waals surface area contributed by atoms with Crippen LogP contribution in [0.1, 0.15) is 27.2 Å². The predicted octanol–water partition coefficient (Wildman–Crippen LogP) is 3.87. The van der Waals surface area contributed by atoms with Crippen LogP contribution in [0.2, 0.25) is 0 Å². The molecule has 82 valence electrons. The highest BCUT2D eigenvalue weighted by Crippen LogP contribution is 2.15. The molecule has 2 rings (SSSR count). The van der Waals surface area contributed by atoms with Crippen LogP contribution < -0.4 is 0 Å². The first kappa shape index (κ1) is 11.1. The molecule has 1 nitrogen and oxygen atoms in total. The maximum absolute atomic E-state index is 11.8. The van der Waals surface area contributed by atoms with Gasteiger partial charge in [0, 0.05) is 16.9 Å². The Kier molecular flexibility index (Phi) is 3.52. The first-order valence-electron chi connectivity index (χ1n) is 5.38. The van der Waals surface area contributed by atoms with E-state index in [1.807, 2.05) is 30.3 Å². The third kappa shape index (κ3) is 2.80. The summed E-state index contributed by atoms with van der Waals surface area (Å²) in [5, 5.41) is 2.13. The van der Waals surface area contributed by atoms with Crippen LogP contribution in [0.25, 0.3) is 0 Å². The smallest absolute Gasteiger partial charge is 0.163 e. The van der Waals surface area contributed by atoms with Crippen molar-refractivity contribution in [1.82, 2.24) is 0 Å². The number of hydrogen-bond donors (Lipinski definition) is 0. The van der Waals surface area contributed by atoms with E-state index in [0.29, 0.717) is 6.42 Å². The van der Waals surface area contributed by atoms with Crippen LogP contribution in [0.3, 0.4) is 0 Å². The molecule has 16 heavy (non-hydrogen) atoms. The van der Waals surface area contributed by atoms with Gasteiger partial charge < -0.3 is 0 Å². The van der Waals surface area contributed by atoms with Gasteiger partial charge in [-0.05, 0) is 30.4 Å². The van der Waals surface area contributed by atoms with Gasteiger partial charge in [0.2, 0.25) is 0 Å². The van der Waals surface area contributed by atoms with Gasteiger partial charge in [0.05, 0.1) is 0 Å². The molecule has 0 amide bonds. The van der Waals surface area contributed by atoms with Crippen molar-refractivity contribution in [3.63, 3.8) is 0 Å². The van der Waals surface area contributed by atoms with Crippen LogP contribution in [-0.2, 0) is 6.42 Å². The first-order chi connectivity index (χ1) is 7.75. The summed E-state index contributed by atoms with van der Waals surface area (Å²) < 4.78 is 0. The Labute approximate surface area is 99.8 Å². The van der Waals surface area contributed by atoms with Crippen molar-refractivity contribution in [3.05, 3.63) is 57.8 Å². The van der Waals surface area contributed by atoms with Crippen LogP contribution in [0, 0.1) is 6.92 Å². The van der Waals surface area contributed by atoms with Crippen LogP contribution in [0.5, 0.6) is 0 Å². The van der Waals surface area contributed by atoms with E-state index in [-0.39, 0.29) is 5.78 Å². The Morgan fingerprint density at radius 1 is 1.25 bits per heavy atom. The fourth-order valence-corrected chi connectivity index (χ4v) is 2.40. The number of thiophene rings is 1. The Balaban J connectivity index is 1.94. The lowest BCUT2D eigenvalue weighted by Gasteiger charge is -1.99. The van der Waals surface area contributed by atoms with E-state index in [1.54, 1.807) is 11.3 Å². The zero-order valence-electron chi connectivity index (χ0n) is 9.27. The summed E-state index contributed by atoms with van der Waals surface area (Å²) in [5.41, 5.74) is 2.08. The normalized spacial score (nSPS) is 10.3. The van der Waals surface area contributed by atoms with E-state index in [0.717, 1.165) is 12.0 Å². The minimum Gasteiger partial charge on any atom is -0.294 e. The number of hydrogen-bond acceptors (Lipinski definition) is 2. The summed E-state index contributed by atoms with van der Waals surface area (Å²) in [4.78, 5) is 13.1. The highest BCUT2D eigenvalue weighted by molar-refractivity contribution is 7.10. The fraction of sp³-hybridized carbons (Fsp3) is 0.214. The van der Waals surface area contributed by atoms with Crippen LogP contribution >= 0.6 is 11.3 Å². The van der Waals surface area contributed by atoms with E-state index in [1.165, 1.54) is 10.4 Å². The maximum Gasteiger partial charge on any atom is 0.163 e. The zero-order chi connectivity index (χ0) is 11.4. The molecule has 0 bridgehead atoms. The van der Waals surface area contributed by atoms with Gasteiger partial charge in [-0.2, -0.15) is 0 Å². The maximum atomic E-state index is 11.8. The molecule has 0 aliphatic rings. The quantitative estimate of drug-likeness (QED) is 0.729. The van der Waals surface area contributed by atoms with Crippen molar-refractivity contribution in [2.45, 2.75) is 19.8 Å². The average molecular weight is 230 g/mol. The second-order valence-electron chi connectivity index (χ2n) is 3.85. The standard InChI is InChI=1S/C14H14OS/c1-11-9-12(10-16-11)7-8-14(15)13-5-3-2-4-6-13/h2-6,9-10H,7-8H2,1H3. The number of Topliss-reactive ketones (excluding diaryl/α,β-unsaturated/α-hetero) is 1. The molecule has 0 unspecified atom stereocenters. The summed E-state index contributed by atoms with van der Waals surface area (Å²) in [6.45, 7) is 2.09. The number of carbonyl (C=O) groups excluding carboxylic acids is 1. The largest absolute Gasteiger partial charge is 0.294 e. The van der Waals surface area contributed by atoms with Crippen molar-refractivity contribution in [3.8, 4) is 0 Å². The first-order valence-corrected chi connectivity index (χ1v) is 6.26. The molecule has 2 aromatic rings. The third-order valence-corrected chi connectivity index (χ3v) is 3.43. The Morgan fingerprint density at radius 2 is 2.00 bits per heavy atom. The van der Waals surface area contributed by atoms with E-state index < -0.39 is 0 Å². The van der Waals surface area contributed by atoms with Crippen molar-refractivity contribution < 1.29 is 4.79 Å². The molecule has 0 saturated carbocycles. The second-order valence-corrected chi connectivity index (χ2v) is 4.97. The Hall–Kier alpha value is -1.41. The molecule has 1 aromatic heterocycles. The zero-order valence-corrected chi connectivity index (χ0v) is 10.1. The number of aryl methyl sites for hydroxylation is 2. The third-order valence-electron chi connectivity index (χ3n) is 2.52. The molecule has 0 saturated heterocycles. The number of rotatable bonds is 4. The van der Waals surface area contributed by atoms with Gasteiger partial charge in [0.25, 0.3) is 0 Å². The van der Waals surface area contributed by atoms with E-state index in [9.17, 15) is 4.79 Å². The molecule has 0 spiro atoms.